The van der Waals surface area contributed by atoms with Gasteiger partial charge in [0.25, 0.3) is 0 Å². The zero-order valence-corrected chi connectivity index (χ0v) is 17.7. The van der Waals surface area contributed by atoms with Gasteiger partial charge in [-0.2, -0.15) is 4.31 Å². The van der Waals surface area contributed by atoms with Gasteiger partial charge in [0.2, 0.25) is 10.0 Å². The van der Waals surface area contributed by atoms with E-state index in [0.29, 0.717) is 31.9 Å². The van der Waals surface area contributed by atoms with E-state index in [1.54, 1.807) is 49.0 Å². The molecule has 0 spiro atoms. The van der Waals surface area contributed by atoms with Crippen molar-refractivity contribution in [2.24, 2.45) is 0 Å². The van der Waals surface area contributed by atoms with E-state index in [1.807, 2.05) is 0 Å². The average molecular weight is 419 g/mol. The molecule has 1 fully saturated rings. The van der Waals surface area contributed by atoms with Gasteiger partial charge in [0.05, 0.1) is 17.4 Å². The Morgan fingerprint density at radius 3 is 2.36 bits per heavy atom. The molecule has 148 valence electrons. The zero-order valence-electron chi connectivity index (χ0n) is 16.0. The number of aromatic nitrogens is 2. The number of nitrogens with zero attached hydrogens (tertiary/aromatic N) is 4. The number of ether oxygens (including phenoxy) is 1. The van der Waals surface area contributed by atoms with Crippen molar-refractivity contribution in [1.29, 1.82) is 0 Å². The Balaban J connectivity index is 1.55. The number of sulfonamides is 1. The van der Waals surface area contributed by atoms with Crippen LogP contribution in [0.2, 0.25) is 0 Å². The highest BCUT2D eigenvalue weighted by Crippen LogP contribution is 2.34. The van der Waals surface area contributed by atoms with Gasteiger partial charge in [-0.25, -0.2) is 18.4 Å². The van der Waals surface area contributed by atoms with Gasteiger partial charge in [-0.05, 0) is 43.7 Å². The van der Waals surface area contributed by atoms with Crippen molar-refractivity contribution < 1.29 is 13.2 Å². The van der Waals surface area contributed by atoms with Gasteiger partial charge in [-0.15, -0.1) is 11.3 Å². The van der Waals surface area contributed by atoms with E-state index in [-0.39, 0.29) is 4.90 Å². The smallest absolute Gasteiger partial charge is 0.243 e. The normalized spacial score (nSPS) is 15.9. The first-order chi connectivity index (χ1) is 13.4. The number of anilines is 1. The van der Waals surface area contributed by atoms with Gasteiger partial charge in [0.15, 0.2) is 0 Å². The fourth-order valence-electron chi connectivity index (χ4n) is 3.44. The Bertz CT molecular complexity index is 1100. The predicted octanol–water partition coefficient (Wildman–Crippen LogP) is 2.83. The highest BCUT2D eigenvalue weighted by Gasteiger charge is 2.30. The molecule has 1 aliphatic rings. The molecule has 0 atom stereocenters. The SMILES string of the molecule is COc1ccc(S(=O)(=O)N2CCN(c3ncnc4sc(C)c(C)c34)CC2)cc1. The summed E-state index contributed by atoms with van der Waals surface area (Å²) in [7, 11) is -1.96. The number of benzene rings is 1. The van der Waals surface area contributed by atoms with Crippen molar-refractivity contribution in [3.63, 3.8) is 0 Å². The maximum atomic E-state index is 12.9. The third-order valence-corrected chi connectivity index (χ3v) is 8.21. The van der Waals surface area contributed by atoms with Crippen LogP contribution in [0.25, 0.3) is 10.2 Å². The summed E-state index contributed by atoms with van der Waals surface area (Å²) >= 11 is 1.67. The van der Waals surface area contributed by atoms with Gasteiger partial charge in [0, 0.05) is 31.1 Å². The Morgan fingerprint density at radius 1 is 1.04 bits per heavy atom. The van der Waals surface area contributed by atoms with Crippen LogP contribution in [-0.4, -0.2) is 56.0 Å². The molecule has 3 aromatic rings. The van der Waals surface area contributed by atoms with Crippen molar-refractivity contribution in [3.05, 3.63) is 41.0 Å². The lowest BCUT2D eigenvalue weighted by molar-refractivity contribution is 0.384. The van der Waals surface area contributed by atoms with Crippen LogP contribution in [0.3, 0.4) is 0 Å². The molecule has 0 unspecified atom stereocenters. The first-order valence-electron chi connectivity index (χ1n) is 9.01. The predicted molar refractivity (Wildman–Crippen MR) is 111 cm³/mol. The topological polar surface area (TPSA) is 75.6 Å². The number of rotatable bonds is 4. The molecule has 3 heterocycles. The van der Waals surface area contributed by atoms with Crippen molar-refractivity contribution >= 4 is 37.4 Å². The van der Waals surface area contributed by atoms with Crippen LogP contribution in [-0.2, 0) is 10.0 Å². The lowest BCUT2D eigenvalue weighted by atomic mass is 10.2. The van der Waals surface area contributed by atoms with Crippen LogP contribution in [0.1, 0.15) is 10.4 Å². The number of thiophene rings is 1. The molecule has 0 bridgehead atoms. The number of aryl methyl sites for hydroxylation is 2. The lowest BCUT2D eigenvalue weighted by Gasteiger charge is -2.35. The molecule has 7 nitrogen and oxygen atoms in total. The van der Waals surface area contributed by atoms with E-state index < -0.39 is 10.0 Å². The first kappa shape index (κ1) is 19.1. The van der Waals surface area contributed by atoms with Crippen LogP contribution >= 0.6 is 11.3 Å². The Hall–Kier alpha value is -2.23. The second-order valence-corrected chi connectivity index (χ2v) is 9.87. The summed E-state index contributed by atoms with van der Waals surface area (Å²) in [4.78, 5) is 13.6. The van der Waals surface area contributed by atoms with Gasteiger partial charge >= 0.3 is 0 Å². The number of hydrogen-bond acceptors (Lipinski definition) is 7. The summed E-state index contributed by atoms with van der Waals surface area (Å²) in [5.74, 6) is 1.53. The minimum Gasteiger partial charge on any atom is -0.497 e. The van der Waals surface area contributed by atoms with Crippen LogP contribution in [0.5, 0.6) is 5.75 Å². The number of methoxy groups -OCH3 is 1. The molecular weight excluding hydrogens is 396 g/mol. The number of fused-ring (bicyclic) bond motifs is 1. The van der Waals surface area contributed by atoms with Crippen molar-refractivity contribution in [3.8, 4) is 5.75 Å². The van der Waals surface area contributed by atoms with Crippen LogP contribution < -0.4 is 9.64 Å². The third-order valence-electron chi connectivity index (χ3n) is 5.18. The summed E-state index contributed by atoms with van der Waals surface area (Å²) in [6, 6.07) is 6.52. The Morgan fingerprint density at radius 2 is 1.71 bits per heavy atom. The molecule has 9 heteroatoms. The van der Waals surface area contributed by atoms with Gasteiger partial charge in [0.1, 0.15) is 22.7 Å². The molecule has 2 aromatic heterocycles. The number of hydrogen-bond donors (Lipinski definition) is 0. The summed E-state index contributed by atoms with van der Waals surface area (Å²) < 4.78 is 32.5. The molecule has 1 saturated heterocycles. The second kappa shape index (κ2) is 7.31. The van der Waals surface area contributed by atoms with Crippen molar-refractivity contribution in [2.45, 2.75) is 18.7 Å². The monoisotopic (exact) mass is 418 g/mol. The minimum absolute atomic E-state index is 0.287. The summed E-state index contributed by atoms with van der Waals surface area (Å²) in [6.45, 7) is 6.20. The van der Waals surface area contributed by atoms with E-state index in [4.69, 9.17) is 4.74 Å². The van der Waals surface area contributed by atoms with Crippen molar-refractivity contribution in [2.75, 3.05) is 38.2 Å². The van der Waals surface area contributed by atoms with E-state index >= 15 is 0 Å². The Labute approximate surface area is 168 Å². The molecule has 1 aromatic carbocycles. The number of piperazine rings is 1. The Kier molecular flexibility index (Phi) is 4.98. The van der Waals surface area contributed by atoms with E-state index in [0.717, 1.165) is 16.0 Å². The molecule has 0 radical (unpaired) electrons. The largest absolute Gasteiger partial charge is 0.497 e. The van der Waals surface area contributed by atoms with Crippen molar-refractivity contribution in [1.82, 2.24) is 14.3 Å². The molecule has 1 aliphatic heterocycles. The fraction of sp³-hybridized carbons (Fsp3) is 0.368. The minimum atomic E-state index is -3.52. The standard InChI is InChI=1S/C19H22N4O3S2/c1-13-14(2)27-19-17(13)18(20-12-21-19)22-8-10-23(11-9-22)28(24,25)16-6-4-15(26-3)5-7-16/h4-7,12H,8-11H2,1-3H3. The van der Waals surface area contributed by atoms with Crippen LogP contribution in [0.4, 0.5) is 5.82 Å². The van der Waals surface area contributed by atoms with Gasteiger partial charge in [-0.1, -0.05) is 0 Å². The van der Waals surface area contributed by atoms with E-state index in [1.165, 1.54) is 14.7 Å². The summed E-state index contributed by atoms with van der Waals surface area (Å²) in [5.41, 5.74) is 1.20. The molecule has 4 rings (SSSR count). The van der Waals surface area contributed by atoms with Crippen LogP contribution in [0, 0.1) is 13.8 Å². The first-order valence-corrected chi connectivity index (χ1v) is 11.3. The fourth-order valence-corrected chi connectivity index (χ4v) is 5.85. The van der Waals surface area contributed by atoms with E-state index in [9.17, 15) is 8.42 Å². The van der Waals surface area contributed by atoms with Gasteiger partial charge in [-0.3, -0.25) is 0 Å². The third kappa shape index (κ3) is 3.23. The summed E-state index contributed by atoms with van der Waals surface area (Å²) in [6.07, 6.45) is 1.59. The molecule has 28 heavy (non-hydrogen) atoms. The average Bonchev–Trinajstić information content (AvgIpc) is 3.02. The maximum absolute atomic E-state index is 12.9. The molecule has 0 saturated carbocycles. The second-order valence-electron chi connectivity index (χ2n) is 6.73. The summed E-state index contributed by atoms with van der Waals surface area (Å²) in [5, 5.41) is 1.08. The maximum Gasteiger partial charge on any atom is 0.243 e. The molecule has 0 N–H and O–H groups in total. The zero-order chi connectivity index (χ0) is 19.9. The highest BCUT2D eigenvalue weighted by molar-refractivity contribution is 7.89. The molecule has 0 aliphatic carbocycles. The van der Waals surface area contributed by atoms with E-state index in [2.05, 4.69) is 28.7 Å². The van der Waals surface area contributed by atoms with Crippen LogP contribution in [0.15, 0.2) is 35.5 Å². The highest BCUT2D eigenvalue weighted by atomic mass is 32.2. The van der Waals surface area contributed by atoms with Gasteiger partial charge < -0.3 is 9.64 Å². The molecular formula is C19H22N4O3S2. The molecule has 0 amide bonds. The quantitative estimate of drug-likeness (QED) is 0.649. The lowest BCUT2D eigenvalue weighted by Crippen LogP contribution is -2.49.